The number of nitrogens with zero attached hydrogens (tertiary/aromatic N) is 1. The largest absolute Gasteiger partial charge is 0.317 e. The molecule has 2 heterocycles. The van der Waals surface area contributed by atoms with E-state index in [4.69, 9.17) is 0 Å². The van der Waals surface area contributed by atoms with Gasteiger partial charge < -0.3 is 5.32 Å². The van der Waals surface area contributed by atoms with Crippen LogP contribution in [0.25, 0.3) is 0 Å². The number of hydrogen-bond acceptors (Lipinski definition) is 3. The maximum Gasteiger partial charge on any atom is 0.211 e. The van der Waals surface area contributed by atoms with E-state index in [1.54, 1.807) is 4.31 Å². The van der Waals surface area contributed by atoms with Gasteiger partial charge >= 0.3 is 0 Å². The van der Waals surface area contributed by atoms with Gasteiger partial charge in [-0.15, -0.1) is 0 Å². The molecule has 100 valence electrons. The third kappa shape index (κ3) is 3.42. The van der Waals surface area contributed by atoms with Crippen LogP contribution in [0.4, 0.5) is 0 Å². The smallest absolute Gasteiger partial charge is 0.211 e. The van der Waals surface area contributed by atoms with E-state index in [1.165, 1.54) is 19.1 Å². The van der Waals surface area contributed by atoms with Crippen LogP contribution in [0.15, 0.2) is 0 Å². The lowest BCUT2D eigenvalue weighted by molar-refractivity contribution is 0.198. The lowest BCUT2D eigenvalue weighted by atomic mass is 9.88. The van der Waals surface area contributed by atoms with Crippen molar-refractivity contribution in [2.75, 3.05) is 25.9 Å². The standard InChI is InChI=1S/C12H24N2O2S/c1-17(15,16)14-10-4-2-3-5-12(14)11-6-8-13-9-7-11/h11-13H,2-10H2,1H3/t12-/m1/s1. The van der Waals surface area contributed by atoms with E-state index in [2.05, 4.69) is 5.32 Å². The fourth-order valence-corrected chi connectivity index (χ4v) is 4.45. The first-order valence-corrected chi connectivity index (χ1v) is 8.61. The highest BCUT2D eigenvalue weighted by atomic mass is 32.2. The zero-order valence-corrected chi connectivity index (χ0v) is 11.5. The monoisotopic (exact) mass is 260 g/mol. The Morgan fingerprint density at radius 1 is 1.06 bits per heavy atom. The Morgan fingerprint density at radius 3 is 2.41 bits per heavy atom. The van der Waals surface area contributed by atoms with Crippen LogP contribution in [-0.4, -0.2) is 44.7 Å². The third-order valence-corrected chi connectivity index (χ3v) is 5.41. The van der Waals surface area contributed by atoms with E-state index in [9.17, 15) is 8.42 Å². The van der Waals surface area contributed by atoms with Gasteiger partial charge in [-0.1, -0.05) is 12.8 Å². The molecule has 0 spiro atoms. The molecule has 0 aromatic heterocycles. The number of sulfonamides is 1. The summed E-state index contributed by atoms with van der Waals surface area (Å²) in [6.07, 6.45) is 8.04. The molecular formula is C12H24N2O2S. The number of hydrogen-bond donors (Lipinski definition) is 1. The Balaban J connectivity index is 2.13. The van der Waals surface area contributed by atoms with E-state index in [0.717, 1.165) is 45.3 Å². The maximum absolute atomic E-state index is 11.9. The predicted molar refractivity (Wildman–Crippen MR) is 69.4 cm³/mol. The first-order chi connectivity index (χ1) is 8.09. The highest BCUT2D eigenvalue weighted by Gasteiger charge is 2.34. The summed E-state index contributed by atoms with van der Waals surface area (Å²) >= 11 is 0. The van der Waals surface area contributed by atoms with Gasteiger partial charge in [-0.25, -0.2) is 8.42 Å². The molecule has 5 heteroatoms. The zero-order valence-electron chi connectivity index (χ0n) is 10.7. The van der Waals surface area contributed by atoms with Crippen LogP contribution in [0.1, 0.15) is 38.5 Å². The fourth-order valence-electron chi connectivity index (χ4n) is 3.22. The Morgan fingerprint density at radius 2 is 1.76 bits per heavy atom. The third-order valence-electron chi connectivity index (χ3n) is 4.10. The topological polar surface area (TPSA) is 49.4 Å². The minimum absolute atomic E-state index is 0.259. The van der Waals surface area contributed by atoms with Gasteiger partial charge in [-0.3, -0.25) is 0 Å². The van der Waals surface area contributed by atoms with Gasteiger partial charge in [-0.2, -0.15) is 4.31 Å². The minimum atomic E-state index is -3.03. The summed E-state index contributed by atoms with van der Waals surface area (Å²) < 4.78 is 25.6. The van der Waals surface area contributed by atoms with Gasteiger partial charge in [0.1, 0.15) is 0 Å². The molecule has 2 fully saturated rings. The SMILES string of the molecule is CS(=O)(=O)N1CCCCC[C@@H]1C1CCNCC1. The molecule has 0 unspecified atom stereocenters. The van der Waals surface area contributed by atoms with Gasteiger partial charge in [0, 0.05) is 12.6 Å². The first-order valence-electron chi connectivity index (χ1n) is 6.76. The van der Waals surface area contributed by atoms with Crippen LogP contribution < -0.4 is 5.32 Å². The van der Waals surface area contributed by atoms with Gasteiger partial charge in [0.05, 0.1) is 6.26 Å². The second-order valence-corrected chi connectivity index (χ2v) is 7.31. The van der Waals surface area contributed by atoms with Crippen LogP contribution in [0.2, 0.25) is 0 Å². The van der Waals surface area contributed by atoms with Crippen LogP contribution >= 0.6 is 0 Å². The Kier molecular flexibility index (Phi) is 4.44. The lowest BCUT2D eigenvalue weighted by Crippen LogP contribution is -2.46. The lowest BCUT2D eigenvalue weighted by Gasteiger charge is -2.36. The average Bonchev–Trinajstić information content (AvgIpc) is 2.54. The van der Waals surface area contributed by atoms with Crippen LogP contribution in [0, 0.1) is 5.92 Å². The van der Waals surface area contributed by atoms with Crippen LogP contribution in [0.5, 0.6) is 0 Å². The summed E-state index contributed by atoms with van der Waals surface area (Å²) in [6, 6.07) is 0.259. The Labute approximate surface area is 105 Å². The summed E-state index contributed by atoms with van der Waals surface area (Å²) in [7, 11) is -3.03. The molecule has 0 aromatic rings. The summed E-state index contributed by atoms with van der Waals surface area (Å²) in [4.78, 5) is 0. The first kappa shape index (κ1) is 13.3. The average molecular weight is 260 g/mol. The van der Waals surface area contributed by atoms with Gasteiger partial charge in [-0.05, 0) is 44.7 Å². The molecule has 2 rings (SSSR count). The van der Waals surface area contributed by atoms with Gasteiger partial charge in [0.15, 0.2) is 0 Å². The van der Waals surface area contributed by atoms with Gasteiger partial charge in [0.2, 0.25) is 10.0 Å². The van der Waals surface area contributed by atoms with Crippen molar-refractivity contribution in [1.82, 2.24) is 9.62 Å². The molecule has 2 saturated heterocycles. The van der Waals surface area contributed by atoms with Crippen molar-refractivity contribution in [1.29, 1.82) is 0 Å². The predicted octanol–water partition coefficient (Wildman–Crippen LogP) is 1.19. The molecule has 17 heavy (non-hydrogen) atoms. The molecule has 1 atom stereocenters. The molecule has 2 aliphatic heterocycles. The second-order valence-electron chi connectivity index (χ2n) is 5.38. The molecule has 0 aromatic carbocycles. The number of rotatable bonds is 2. The van der Waals surface area contributed by atoms with Crippen LogP contribution in [-0.2, 0) is 10.0 Å². The quantitative estimate of drug-likeness (QED) is 0.811. The molecule has 2 aliphatic rings. The van der Waals surface area contributed by atoms with E-state index < -0.39 is 10.0 Å². The van der Waals surface area contributed by atoms with Crippen molar-refractivity contribution >= 4 is 10.0 Å². The molecule has 0 bridgehead atoms. The summed E-state index contributed by atoms with van der Waals surface area (Å²) in [5.41, 5.74) is 0. The van der Waals surface area contributed by atoms with E-state index in [0.29, 0.717) is 5.92 Å². The number of piperidine rings is 1. The van der Waals surface area contributed by atoms with Crippen molar-refractivity contribution in [3.8, 4) is 0 Å². The molecule has 1 N–H and O–H groups in total. The summed E-state index contributed by atoms with van der Waals surface area (Å²) in [5.74, 6) is 0.559. The maximum atomic E-state index is 11.9. The fraction of sp³-hybridized carbons (Fsp3) is 1.00. The van der Waals surface area contributed by atoms with Crippen molar-refractivity contribution in [3.05, 3.63) is 0 Å². The van der Waals surface area contributed by atoms with E-state index in [1.807, 2.05) is 0 Å². The minimum Gasteiger partial charge on any atom is -0.317 e. The highest BCUT2D eigenvalue weighted by molar-refractivity contribution is 7.88. The molecule has 0 radical (unpaired) electrons. The Bertz CT molecular complexity index is 336. The molecule has 4 nitrogen and oxygen atoms in total. The molecule has 0 saturated carbocycles. The van der Waals surface area contributed by atoms with Crippen molar-refractivity contribution < 1.29 is 8.42 Å². The molecule has 0 aliphatic carbocycles. The normalized spacial score (nSPS) is 30.1. The number of nitrogens with one attached hydrogen (secondary N) is 1. The summed E-state index contributed by atoms with van der Waals surface area (Å²) in [5, 5.41) is 3.36. The van der Waals surface area contributed by atoms with Crippen molar-refractivity contribution in [3.63, 3.8) is 0 Å². The van der Waals surface area contributed by atoms with Crippen molar-refractivity contribution in [2.45, 2.75) is 44.6 Å². The van der Waals surface area contributed by atoms with E-state index in [-0.39, 0.29) is 6.04 Å². The zero-order chi connectivity index (χ0) is 12.3. The Hall–Kier alpha value is -0.130. The van der Waals surface area contributed by atoms with Crippen molar-refractivity contribution in [2.24, 2.45) is 5.92 Å². The molecule has 0 amide bonds. The van der Waals surface area contributed by atoms with Crippen LogP contribution in [0.3, 0.4) is 0 Å². The highest BCUT2D eigenvalue weighted by Crippen LogP contribution is 2.29. The second kappa shape index (κ2) is 5.67. The van der Waals surface area contributed by atoms with Gasteiger partial charge in [0.25, 0.3) is 0 Å². The summed E-state index contributed by atoms with van der Waals surface area (Å²) in [6.45, 7) is 2.81. The molecular weight excluding hydrogens is 236 g/mol. The van der Waals surface area contributed by atoms with E-state index >= 15 is 0 Å².